The smallest absolute Gasteiger partial charge is 0.126 e. The minimum atomic E-state index is -0.198. The molecule has 0 bridgehead atoms. The van der Waals surface area contributed by atoms with Gasteiger partial charge in [-0.05, 0) is 37.6 Å². The summed E-state index contributed by atoms with van der Waals surface area (Å²) in [4.78, 5) is 5.64. The van der Waals surface area contributed by atoms with E-state index in [9.17, 15) is 4.39 Å². The summed E-state index contributed by atoms with van der Waals surface area (Å²) in [6.45, 7) is 3.75. The number of nitriles is 1. The van der Waals surface area contributed by atoms with Crippen LogP contribution in [0.4, 0.5) is 4.39 Å². The highest BCUT2D eigenvalue weighted by Gasteiger charge is 2.10. The fourth-order valence-electron chi connectivity index (χ4n) is 1.78. The molecule has 0 atom stereocenters. The normalized spacial score (nSPS) is 10.3. The van der Waals surface area contributed by atoms with E-state index in [4.69, 9.17) is 5.26 Å². The minimum Gasteiger partial charge on any atom is -0.241 e. The van der Waals surface area contributed by atoms with Gasteiger partial charge in [0, 0.05) is 23.3 Å². The molecule has 0 N–H and O–H groups in total. The molecule has 2 nitrogen and oxygen atoms in total. The van der Waals surface area contributed by atoms with Gasteiger partial charge in [-0.25, -0.2) is 9.37 Å². The number of hydrogen-bond acceptors (Lipinski definition) is 3. The Morgan fingerprint density at radius 3 is 2.83 bits per heavy atom. The first-order valence-corrected chi connectivity index (χ1v) is 6.53. The molecular weight excluding hydrogens is 247 g/mol. The van der Waals surface area contributed by atoms with E-state index in [2.05, 4.69) is 11.1 Å². The topological polar surface area (TPSA) is 36.7 Å². The zero-order chi connectivity index (χ0) is 13.1. The molecule has 1 aromatic heterocycles. The largest absolute Gasteiger partial charge is 0.241 e. The first-order chi connectivity index (χ1) is 8.61. The van der Waals surface area contributed by atoms with E-state index in [0.29, 0.717) is 18.4 Å². The van der Waals surface area contributed by atoms with E-state index in [1.54, 1.807) is 24.3 Å². The molecule has 0 unspecified atom stereocenters. The van der Waals surface area contributed by atoms with Gasteiger partial charge < -0.3 is 0 Å². The molecule has 2 aromatic rings. The number of benzene rings is 1. The summed E-state index contributed by atoms with van der Waals surface area (Å²) in [6.07, 6.45) is 1.16. The lowest BCUT2D eigenvalue weighted by Gasteiger charge is -2.01. The Bertz CT molecular complexity index is 611. The molecule has 4 heteroatoms. The van der Waals surface area contributed by atoms with Gasteiger partial charge in [-0.2, -0.15) is 5.26 Å². The molecule has 0 radical (unpaired) electrons. The highest BCUT2D eigenvalue weighted by Crippen LogP contribution is 2.29. The summed E-state index contributed by atoms with van der Waals surface area (Å²) in [5.41, 5.74) is 2.46. The van der Waals surface area contributed by atoms with Gasteiger partial charge in [0.25, 0.3) is 0 Å². The molecule has 0 spiro atoms. The molecular formula is C14H13FN2S. The van der Waals surface area contributed by atoms with Crippen LogP contribution in [-0.2, 0) is 6.42 Å². The van der Waals surface area contributed by atoms with Crippen LogP contribution in [0.2, 0.25) is 0 Å². The molecule has 0 amide bonds. The van der Waals surface area contributed by atoms with Crippen LogP contribution in [0.1, 0.15) is 21.9 Å². The maximum absolute atomic E-state index is 13.2. The van der Waals surface area contributed by atoms with Crippen molar-refractivity contribution in [1.82, 2.24) is 4.98 Å². The quantitative estimate of drug-likeness (QED) is 0.835. The molecule has 0 aliphatic heterocycles. The molecule has 92 valence electrons. The van der Waals surface area contributed by atoms with Crippen molar-refractivity contribution in [3.8, 4) is 17.3 Å². The lowest BCUT2D eigenvalue weighted by atomic mass is 10.1. The highest BCUT2D eigenvalue weighted by molar-refractivity contribution is 7.12. The third-order valence-electron chi connectivity index (χ3n) is 2.72. The van der Waals surface area contributed by atoms with Crippen molar-refractivity contribution >= 4 is 11.3 Å². The summed E-state index contributed by atoms with van der Waals surface area (Å²) in [5, 5.41) is 9.54. The summed E-state index contributed by atoms with van der Waals surface area (Å²) < 4.78 is 13.2. The van der Waals surface area contributed by atoms with Crippen LogP contribution in [0.15, 0.2) is 18.2 Å². The van der Waals surface area contributed by atoms with Crippen LogP contribution in [0, 0.1) is 31.0 Å². The van der Waals surface area contributed by atoms with Gasteiger partial charge in [0.1, 0.15) is 5.82 Å². The van der Waals surface area contributed by atoms with E-state index in [1.165, 1.54) is 6.07 Å². The predicted molar refractivity (Wildman–Crippen MR) is 70.9 cm³/mol. The molecule has 1 aromatic carbocycles. The monoisotopic (exact) mass is 260 g/mol. The Kier molecular flexibility index (Phi) is 3.73. The van der Waals surface area contributed by atoms with Crippen LogP contribution in [-0.4, -0.2) is 4.98 Å². The average molecular weight is 260 g/mol. The second kappa shape index (κ2) is 5.28. The Morgan fingerprint density at radius 1 is 1.39 bits per heavy atom. The van der Waals surface area contributed by atoms with Crippen molar-refractivity contribution in [2.24, 2.45) is 0 Å². The minimum absolute atomic E-state index is 0.198. The fraction of sp³-hybridized carbons (Fsp3) is 0.286. The third-order valence-corrected chi connectivity index (χ3v) is 3.75. The van der Waals surface area contributed by atoms with Gasteiger partial charge in [0.15, 0.2) is 0 Å². The number of aromatic nitrogens is 1. The van der Waals surface area contributed by atoms with Crippen LogP contribution in [0.25, 0.3) is 11.3 Å². The first-order valence-electron chi connectivity index (χ1n) is 5.71. The maximum atomic E-state index is 13.2. The lowest BCUT2D eigenvalue weighted by molar-refractivity contribution is 0.619. The molecule has 1 heterocycles. The lowest BCUT2D eigenvalue weighted by Crippen LogP contribution is -1.87. The van der Waals surface area contributed by atoms with Gasteiger partial charge >= 0.3 is 0 Å². The molecule has 18 heavy (non-hydrogen) atoms. The van der Waals surface area contributed by atoms with Crippen molar-refractivity contribution < 1.29 is 4.39 Å². The molecule has 0 saturated carbocycles. The van der Waals surface area contributed by atoms with Gasteiger partial charge in [-0.15, -0.1) is 11.3 Å². The van der Waals surface area contributed by atoms with E-state index >= 15 is 0 Å². The molecule has 0 fully saturated rings. The van der Waals surface area contributed by atoms with Crippen LogP contribution in [0.5, 0.6) is 0 Å². The average Bonchev–Trinajstić information content (AvgIpc) is 2.71. The summed E-state index contributed by atoms with van der Waals surface area (Å²) >= 11 is 1.60. The van der Waals surface area contributed by atoms with E-state index in [0.717, 1.165) is 21.1 Å². The molecule has 2 rings (SSSR count). The zero-order valence-corrected chi connectivity index (χ0v) is 11.1. The number of nitrogens with zero attached hydrogens (tertiary/aromatic N) is 2. The van der Waals surface area contributed by atoms with Gasteiger partial charge in [-0.1, -0.05) is 0 Å². The van der Waals surface area contributed by atoms with E-state index < -0.39 is 0 Å². The molecule has 0 aliphatic carbocycles. The SMILES string of the molecule is Cc1cc(-c2nc(CCC#N)sc2C)ccc1F. The predicted octanol–water partition coefficient (Wildman–Crippen LogP) is 4.02. The Morgan fingerprint density at radius 2 is 2.17 bits per heavy atom. The van der Waals surface area contributed by atoms with Gasteiger partial charge in [-0.3, -0.25) is 0 Å². The zero-order valence-electron chi connectivity index (χ0n) is 10.3. The van der Waals surface area contributed by atoms with Crippen molar-refractivity contribution in [2.45, 2.75) is 26.7 Å². The van der Waals surface area contributed by atoms with E-state index in [-0.39, 0.29) is 5.82 Å². The summed E-state index contributed by atoms with van der Waals surface area (Å²) in [7, 11) is 0. The third kappa shape index (κ3) is 2.57. The van der Waals surface area contributed by atoms with Crippen molar-refractivity contribution in [1.29, 1.82) is 5.26 Å². The van der Waals surface area contributed by atoms with Crippen LogP contribution < -0.4 is 0 Å². The maximum Gasteiger partial charge on any atom is 0.126 e. The van der Waals surface area contributed by atoms with Crippen molar-refractivity contribution in [3.05, 3.63) is 39.5 Å². The number of thiazole rings is 1. The fourth-order valence-corrected chi connectivity index (χ4v) is 2.74. The summed E-state index contributed by atoms with van der Waals surface area (Å²) in [5.74, 6) is -0.198. The number of rotatable bonds is 3. The second-order valence-electron chi connectivity index (χ2n) is 4.13. The Hall–Kier alpha value is -1.73. The number of halogens is 1. The van der Waals surface area contributed by atoms with E-state index in [1.807, 2.05) is 13.0 Å². The highest BCUT2D eigenvalue weighted by atomic mass is 32.1. The molecule has 0 saturated heterocycles. The Labute approximate surface area is 110 Å². The van der Waals surface area contributed by atoms with Gasteiger partial charge in [0.05, 0.1) is 16.8 Å². The Balaban J connectivity index is 2.35. The molecule has 0 aliphatic rings. The van der Waals surface area contributed by atoms with Crippen molar-refractivity contribution in [3.63, 3.8) is 0 Å². The van der Waals surface area contributed by atoms with Crippen LogP contribution in [0.3, 0.4) is 0 Å². The summed E-state index contributed by atoms with van der Waals surface area (Å²) in [6, 6.07) is 7.15. The standard InChI is InChI=1S/C14H13FN2S/c1-9-8-11(5-6-12(9)15)14-10(2)18-13(17-14)4-3-7-16/h5-6,8H,3-4H2,1-2H3. The first kappa shape index (κ1) is 12.7. The van der Waals surface area contributed by atoms with Crippen LogP contribution >= 0.6 is 11.3 Å². The van der Waals surface area contributed by atoms with Crippen molar-refractivity contribution in [2.75, 3.05) is 0 Å². The van der Waals surface area contributed by atoms with Gasteiger partial charge in [0.2, 0.25) is 0 Å². The second-order valence-corrected chi connectivity index (χ2v) is 5.42. The number of aryl methyl sites for hydroxylation is 3. The number of hydrogen-bond donors (Lipinski definition) is 0.